The minimum Gasteiger partial charge on any atom is -0.356 e. The summed E-state index contributed by atoms with van der Waals surface area (Å²) < 4.78 is 0. The lowest BCUT2D eigenvalue weighted by molar-refractivity contribution is 0.552. The predicted molar refractivity (Wildman–Crippen MR) is 84.9 cm³/mol. The van der Waals surface area contributed by atoms with E-state index in [9.17, 15) is 0 Å². The van der Waals surface area contributed by atoms with Crippen LogP contribution in [0.5, 0.6) is 0 Å². The molecule has 2 rings (SSSR count). The summed E-state index contributed by atoms with van der Waals surface area (Å²) in [6, 6.07) is 4.97. The van der Waals surface area contributed by atoms with Gasteiger partial charge in [-0.1, -0.05) is 13.8 Å². The minimum absolute atomic E-state index is 0.649. The van der Waals surface area contributed by atoms with Crippen molar-refractivity contribution in [3.05, 3.63) is 23.9 Å². The maximum atomic E-state index is 4.52. The van der Waals surface area contributed by atoms with Crippen LogP contribution in [0.15, 0.2) is 18.3 Å². The van der Waals surface area contributed by atoms with E-state index in [0.717, 1.165) is 18.9 Å². The number of thioether (sulfide) groups is 1. The van der Waals surface area contributed by atoms with Gasteiger partial charge in [0.25, 0.3) is 0 Å². The van der Waals surface area contributed by atoms with Crippen molar-refractivity contribution in [3.63, 3.8) is 0 Å². The third-order valence-electron chi connectivity index (χ3n) is 3.51. The van der Waals surface area contributed by atoms with E-state index < -0.39 is 0 Å². The summed E-state index contributed by atoms with van der Waals surface area (Å²) in [4.78, 5) is 6.86. The molecule has 1 N–H and O–H groups in total. The topological polar surface area (TPSA) is 28.2 Å². The van der Waals surface area contributed by atoms with Crippen molar-refractivity contribution >= 4 is 17.6 Å². The summed E-state index contributed by atoms with van der Waals surface area (Å²) in [6.07, 6.45) is 3.21. The van der Waals surface area contributed by atoms with Crippen molar-refractivity contribution in [3.8, 4) is 0 Å². The molecule has 0 spiro atoms. The molecule has 1 atom stereocenters. The summed E-state index contributed by atoms with van der Waals surface area (Å²) in [5.41, 5.74) is 1.32. The Labute approximate surface area is 121 Å². The summed E-state index contributed by atoms with van der Waals surface area (Å²) in [5.74, 6) is 4.31. The van der Waals surface area contributed by atoms with Gasteiger partial charge in [-0.05, 0) is 42.3 Å². The molecule has 0 radical (unpaired) electrons. The van der Waals surface area contributed by atoms with Gasteiger partial charge in [0.1, 0.15) is 5.82 Å². The van der Waals surface area contributed by atoms with Crippen LogP contribution in [0.25, 0.3) is 0 Å². The number of hydrogen-bond acceptors (Lipinski definition) is 4. The molecule has 0 aliphatic carbocycles. The largest absolute Gasteiger partial charge is 0.356 e. The molecular weight excluding hydrogens is 254 g/mol. The molecule has 0 saturated carbocycles. The van der Waals surface area contributed by atoms with Crippen LogP contribution in [0.4, 0.5) is 5.82 Å². The van der Waals surface area contributed by atoms with E-state index in [0.29, 0.717) is 12.0 Å². The van der Waals surface area contributed by atoms with Crippen LogP contribution >= 0.6 is 11.8 Å². The van der Waals surface area contributed by atoms with Crippen molar-refractivity contribution in [1.82, 2.24) is 10.3 Å². The number of nitrogens with one attached hydrogen (secondary N) is 1. The van der Waals surface area contributed by atoms with Crippen molar-refractivity contribution in [2.24, 2.45) is 5.92 Å². The second-order valence-electron chi connectivity index (χ2n) is 5.68. The fraction of sp³-hybridized carbons (Fsp3) is 0.667. The number of nitrogens with zero attached hydrogens (tertiary/aromatic N) is 2. The quantitative estimate of drug-likeness (QED) is 0.867. The van der Waals surface area contributed by atoms with Crippen LogP contribution in [-0.2, 0) is 6.54 Å². The molecule has 1 saturated heterocycles. The minimum atomic E-state index is 0.649. The first-order chi connectivity index (χ1) is 9.16. The van der Waals surface area contributed by atoms with E-state index in [-0.39, 0.29) is 0 Å². The van der Waals surface area contributed by atoms with Crippen molar-refractivity contribution in [1.29, 1.82) is 0 Å². The smallest absolute Gasteiger partial charge is 0.128 e. The molecule has 0 bridgehead atoms. The number of hydrogen-bond donors (Lipinski definition) is 1. The molecular formula is C15H25N3S. The molecule has 1 aromatic rings. The molecule has 0 amide bonds. The molecule has 4 heteroatoms. The Morgan fingerprint density at radius 1 is 1.53 bits per heavy atom. The van der Waals surface area contributed by atoms with E-state index in [4.69, 9.17) is 0 Å². The van der Waals surface area contributed by atoms with Crippen molar-refractivity contribution in [2.75, 3.05) is 30.0 Å². The second kappa shape index (κ2) is 7.15. The Balaban J connectivity index is 1.94. The Bertz CT molecular complexity index is 389. The fourth-order valence-corrected chi connectivity index (χ4v) is 3.55. The zero-order chi connectivity index (χ0) is 13.7. The first-order valence-electron chi connectivity index (χ1n) is 7.13. The Morgan fingerprint density at radius 3 is 3.05 bits per heavy atom. The third-order valence-corrected chi connectivity index (χ3v) is 4.65. The van der Waals surface area contributed by atoms with Crippen molar-refractivity contribution < 1.29 is 0 Å². The molecule has 19 heavy (non-hydrogen) atoms. The summed E-state index contributed by atoms with van der Waals surface area (Å²) >= 11 is 2.04. The van der Waals surface area contributed by atoms with E-state index in [1.54, 1.807) is 0 Å². The number of pyridine rings is 1. The molecule has 106 valence electrons. The van der Waals surface area contributed by atoms with Gasteiger partial charge in [0.2, 0.25) is 0 Å². The molecule has 3 nitrogen and oxygen atoms in total. The lowest BCUT2D eigenvalue weighted by Gasteiger charge is -2.25. The van der Waals surface area contributed by atoms with Gasteiger partial charge in [0.15, 0.2) is 0 Å². The van der Waals surface area contributed by atoms with Crippen LogP contribution in [0.1, 0.15) is 25.8 Å². The van der Waals surface area contributed by atoms with E-state index in [1.807, 2.05) is 18.0 Å². The highest BCUT2D eigenvalue weighted by atomic mass is 32.2. The molecule has 1 aliphatic rings. The summed E-state index contributed by atoms with van der Waals surface area (Å²) in [5, 5.41) is 3.49. The highest BCUT2D eigenvalue weighted by Crippen LogP contribution is 2.24. The molecule has 2 heterocycles. The lowest BCUT2D eigenvalue weighted by Crippen LogP contribution is -2.32. The second-order valence-corrected chi connectivity index (χ2v) is 6.83. The van der Waals surface area contributed by atoms with Crippen LogP contribution in [0.2, 0.25) is 0 Å². The van der Waals surface area contributed by atoms with Crippen LogP contribution in [-0.4, -0.2) is 36.1 Å². The van der Waals surface area contributed by atoms with Crippen LogP contribution in [0, 0.1) is 5.92 Å². The van der Waals surface area contributed by atoms with Gasteiger partial charge in [-0.25, -0.2) is 4.98 Å². The summed E-state index contributed by atoms with van der Waals surface area (Å²) in [7, 11) is 2.17. The third kappa shape index (κ3) is 4.39. The standard InChI is InChI=1S/C15H25N3S/c1-12(2)9-16-10-13-4-6-17-15(8-13)18(3)14-5-7-19-11-14/h4,6,8,12,14,16H,5,7,9-11H2,1-3H3. The normalized spacial score (nSPS) is 19.1. The Hall–Kier alpha value is -0.740. The van der Waals surface area contributed by atoms with Gasteiger partial charge in [0, 0.05) is 31.6 Å². The average molecular weight is 279 g/mol. The first-order valence-corrected chi connectivity index (χ1v) is 8.28. The molecule has 1 aromatic heterocycles. The van der Waals surface area contributed by atoms with Gasteiger partial charge in [0.05, 0.1) is 0 Å². The van der Waals surface area contributed by atoms with Crippen LogP contribution < -0.4 is 10.2 Å². The average Bonchev–Trinajstić information content (AvgIpc) is 2.91. The van der Waals surface area contributed by atoms with Crippen molar-refractivity contribution in [2.45, 2.75) is 32.9 Å². The Morgan fingerprint density at radius 2 is 2.37 bits per heavy atom. The zero-order valence-corrected chi connectivity index (χ0v) is 13.0. The van der Waals surface area contributed by atoms with Gasteiger partial charge >= 0.3 is 0 Å². The van der Waals surface area contributed by atoms with Gasteiger partial charge in [-0.15, -0.1) is 0 Å². The zero-order valence-electron chi connectivity index (χ0n) is 12.2. The van der Waals surface area contributed by atoms with E-state index in [2.05, 4.69) is 48.2 Å². The maximum Gasteiger partial charge on any atom is 0.128 e. The number of anilines is 1. The van der Waals surface area contributed by atoms with Gasteiger partial charge < -0.3 is 10.2 Å². The number of rotatable bonds is 6. The highest BCUT2D eigenvalue weighted by Gasteiger charge is 2.21. The monoisotopic (exact) mass is 279 g/mol. The SMILES string of the molecule is CC(C)CNCc1ccnc(N(C)C2CCSC2)c1. The molecule has 0 aromatic carbocycles. The predicted octanol–water partition coefficient (Wildman–Crippen LogP) is 2.77. The lowest BCUT2D eigenvalue weighted by atomic mass is 10.2. The molecule has 1 unspecified atom stereocenters. The number of aromatic nitrogens is 1. The van der Waals surface area contributed by atoms with E-state index >= 15 is 0 Å². The fourth-order valence-electron chi connectivity index (χ4n) is 2.28. The maximum absolute atomic E-state index is 4.52. The molecule has 1 aliphatic heterocycles. The van der Waals surface area contributed by atoms with Gasteiger partial charge in [-0.2, -0.15) is 11.8 Å². The first kappa shape index (κ1) is 14.7. The highest BCUT2D eigenvalue weighted by molar-refractivity contribution is 7.99. The van der Waals surface area contributed by atoms with E-state index in [1.165, 1.54) is 23.5 Å². The Kier molecular flexibility index (Phi) is 5.52. The summed E-state index contributed by atoms with van der Waals surface area (Å²) in [6.45, 7) is 6.46. The van der Waals surface area contributed by atoms with Gasteiger partial charge in [-0.3, -0.25) is 0 Å². The molecule has 1 fully saturated rings. The van der Waals surface area contributed by atoms with Crippen LogP contribution in [0.3, 0.4) is 0 Å².